The lowest BCUT2D eigenvalue weighted by Crippen LogP contribution is -2.13. The Morgan fingerprint density at radius 1 is 1.10 bits per heavy atom. The third-order valence-electron chi connectivity index (χ3n) is 2.36. The summed E-state index contributed by atoms with van der Waals surface area (Å²) >= 11 is 11.2. The minimum Gasteiger partial charge on any atom is -0.508 e. The summed E-state index contributed by atoms with van der Waals surface area (Å²) in [7, 11) is -3.93. The fourth-order valence-corrected chi connectivity index (χ4v) is 3.05. The molecule has 106 valence electrons. The smallest absolute Gasteiger partial charge is 0.262 e. The molecule has 8 heteroatoms. The highest BCUT2D eigenvalue weighted by Crippen LogP contribution is 2.29. The van der Waals surface area contributed by atoms with Gasteiger partial charge in [-0.2, -0.15) is 0 Å². The number of rotatable bonds is 3. The number of hydrogen-bond acceptors (Lipinski definition) is 3. The Balaban J connectivity index is 2.38. The molecule has 0 heterocycles. The Morgan fingerprint density at radius 3 is 2.25 bits per heavy atom. The van der Waals surface area contributed by atoms with E-state index < -0.39 is 15.8 Å². The van der Waals surface area contributed by atoms with E-state index in [1.54, 1.807) is 0 Å². The molecular weight excluding hydrogens is 328 g/mol. The molecule has 0 radical (unpaired) electrons. The van der Waals surface area contributed by atoms with Gasteiger partial charge in [-0.1, -0.05) is 29.3 Å². The summed E-state index contributed by atoms with van der Waals surface area (Å²) in [6.45, 7) is 0. The van der Waals surface area contributed by atoms with Crippen molar-refractivity contribution in [2.24, 2.45) is 0 Å². The van der Waals surface area contributed by atoms with Crippen LogP contribution >= 0.6 is 23.2 Å². The Bertz CT molecular complexity index is 742. The second kappa shape index (κ2) is 5.47. The number of halogens is 3. The first kappa shape index (κ1) is 14.9. The van der Waals surface area contributed by atoms with Gasteiger partial charge in [-0.3, -0.25) is 4.72 Å². The van der Waals surface area contributed by atoms with Crippen LogP contribution in [-0.4, -0.2) is 13.5 Å². The highest BCUT2D eigenvalue weighted by molar-refractivity contribution is 7.92. The summed E-state index contributed by atoms with van der Waals surface area (Å²) < 4.78 is 39.6. The van der Waals surface area contributed by atoms with Crippen LogP contribution in [-0.2, 0) is 10.0 Å². The molecule has 2 aromatic carbocycles. The first-order valence-electron chi connectivity index (χ1n) is 5.26. The van der Waals surface area contributed by atoms with E-state index >= 15 is 0 Å². The zero-order valence-electron chi connectivity index (χ0n) is 9.77. The number of phenols is 1. The maximum Gasteiger partial charge on any atom is 0.262 e. The maximum atomic E-state index is 13.2. The number of nitrogens with one attached hydrogen (secondary N) is 1. The molecule has 0 spiro atoms. The molecule has 0 saturated heterocycles. The van der Waals surface area contributed by atoms with Crippen molar-refractivity contribution in [3.63, 3.8) is 0 Å². The van der Waals surface area contributed by atoms with Crippen molar-refractivity contribution >= 4 is 38.9 Å². The number of anilines is 1. The molecule has 0 amide bonds. The second-order valence-electron chi connectivity index (χ2n) is 3.86. The number of phenolic OH excluding ortho intramolecular Hbond substituents is 1. The monoisotopic (exact) mass is 335 g/mol. The van der Waals surface area contributed by atoms with Crippen LogP contribution in [0.3, 0.4) is 0 Å². The van der Waals surface area contributed by atoms with E-state index in [4.69, 9.17) is 23.2 Å². The highest BCUT2D eigenvalue weighted by atomic mass is 35.5. The van der Waals surface area contributed by atoms with Gasteiger partial charge in [0, 0.05) is 6.07 Å². The van der Waals surface area contributed by atoms with E-state index in [0.29, 0.717) is 0 Å². The van der Waals surface area contributed by atoms with Crippen molar-refractivity contribution in [1.82, 2.24) is 0 Å². The average molecular weight is 336 g/mol. The summed E-state index contributed by atoms with van der Waals surface area (Å²) in [5.74, 6) is -1.02. The summed E-state index contributed by atoms with van der Waals surface area (Å²) in [4.78, 5) is -0.144. The Kier molecular flexibility index (Phi) is 4.08. The number of sulfonamides is 1. The van der Waals surface area contributed by atoms with Crippen molar-refractivity contribution in [3.05, 3.63) is 52.3 Å². The zero-order valence-corrected chi connectivity index (χ0v) is 12.1. The fourth-order valence-electron chi connectivity index (χ4n) is 1.48. The summed E-state index contributed by atoms with van der Waals surface area (Å²) in [5.41, 5.74) is 0.0183. The largest absolute Gasteiger partial charge is 0.508 e. The average Bonchev–Trinajstić information content (AvgIpc) is 2.35. The second-order valence-corrected chi connectivity index (χ2v) is 6.35. The molecule has 4 nitrogen and oxygen atoms in total. The van der Waals surface area contributed by atoms with Gasteiger partial charge in [-0.15, -0.1) is 0 Å². The molecule has 0 aliphatic carbocycles. The molecule has 0 saturated carbocycles. The molecule has 0 aliphatic rings. The Labute approximate surface area is 124 Å². The molecule has 0 aliphatic heterocycles. The molecule has 2 rings (SSSR count). The highest BCUT2D eigenvalue weighted by Gasteiger charge is 2.16. The predicted molar refractivity (Wildman–Crippen MR) is 75.3 cm³/mol. The van der Waals surface area contributed by atoms with Crippen molar-refractivity contribution in [1.29, 1.82) is 0 Å². The van der Waals surface area contributed by atoms with Gasteiger partial charge in [0.1, 0.15) is 5.75 Å². The van der Waals surface area contributed by atoms with Gasteiger partial charge in [-0.05, 0) is 24.3 Å². The van der Waals surface area contributed by atoms with Crippen LogP contribution in [0.5, 0.6) is 5.75 Å². The quantitative estimate of drug-likeness (QED) is 0.841. The van der Waals surface area contributed by atoms with Crippen LogP contribution in [0.4, 0.5) is 10.1 Å². The van der Waals surface area contributed by atoms with Crippen molar-refractivity contribution in [3.8, 4) is 5.75 Å². The minimum atomic E-state index is -3.93. The zero-order chi connectivity index (χ0) is 14.9. The van der Waals surface area contributed by atoms with E-state index in [1.807, 2.05) is 0 Å². The molecule has 0 atom stereocenters. The first-order chi connectivity index (χ1) is 9.29. The normalized spacial score (nSPS) is 11.3. The topological polar surface area (TPSA) is 66.4 Å². The summed E-state index contributed by atoms with van der Waals surface area (Å²) in [5, 5.41) is 8.68. The number of aromatic hydroxyl groups is 1. The molecule has 0 unspecified atom stereocenters. The van der Waals surface area contributed by atoms with Crippen LogP contribution in [0.25, 0.3) is 0 Å². The van der Waals surface area contributed by atoms with Crippen LogP contribution < -0.4 is 4.72 Å². The number of benzene rings is 2. The molecule has 20 heavy (non-hydrogen) atoms. The molecule has 0 fully saturated rings. The minimum absolute atomic E-state index is 0.0183. The van der Waals surface area contributed by atoms with E-state index in [-0.39, 0.29) is 26.4 Å². The molecule has 0 aromatic heterocycles. The van der Waals surface area contributed by atoms with Crippen molar-refractivity contribution in [2.45, 2.75) is 4.90 Å². The maximum absolute atomic E-state index is 13.2. The van der Waals surface area contributed by atoms with Gasteiger partial charge < -0.3 is 5.11 Å². The van der Waals surface area contributed by atoms with Crippen LogP contribution in [0.2, 0.25) is 10.0 Å². The molecule has 2 N–H and O–H groups in total. The molecular formula is C12H8Cl2FNO3S. The molecule has 0 bridgehead atoms. The predicted octanol–water partition coefficient (Wildman–Crippen LogP) is 3.64. The van der Waals surface area contributed by atoms with Gasteiger partial charge in [-0.25, -0.2) is 12.8 Å². The summed E-state index contributed by atoms with van der Waals surface area (Å²) in [6.07, 6.45) is 0. The fraction of sp³-hybridized carbons (Fsp3) is 0. The third kappa shape index (κ3) is 3.15. The van der Waals surface area contributed by atoms with Gasteiger partial charge in [0.15, 0.2) is 5.82 Å². The third-order valence-corrected chi connectivity index (χ3v) is 4.29. The van der Waals surface area contributed by atoms with Crippen LogP contribution in [0.1, 0.15) is 0 Å². The van der Waals surface area contributed by atoms with E-state index in [0.717, 1.165) is 18.2 Å². The Hall–Kier alpha value is -1.50. The van der Waals surface area contributed by atoms with Gasteiger partial charge in [0.05, 0.1) is 20.6 Å². The Morgan fingerprint density at radius 2 is 1.70 bits per heavy atom. The molecule has 2 aromatic rings. The number of hydrogen-bond donors (Lipinski definition) is 2. The standard InChI is InChI=1S/C12H8Cl2FNO3S/c13-10-4-7(5-11(14)12(10)15)16-20(18,19)9-3-1-2-8(17)6-9/h1-6,16-17H. The first-order valence-corrected chi connectivity index (χ1v) is 7.50. The van der Waals surface area contributed by atoms with Gasteiger partial charge in [0.25, 0.3) is 10.0 Å². The van der Waals surface area contributed by atoms with Crippen LogP contribution in [0.15, 0.2) is 41.3 Å². The summed E-state index contributed by atoms with van der Waals surface area (Å²) in [6, 6.07) is 7.30. The SMILES string of the molecule is O=S(=O)(Nc1cc(Cl)c(F)c(Cl)c1)c1cccc(O)c1. The lowest BCUT2D eigenvalue weighted by atomic mass is 10.3. The van der Waals surface area contributed by atoms with E-state index in [2.05, 4.69) is 4.72 Å². The lowest BCUT2D eigenvalue weighted by molar-refractivity contribution is 0.473. The van der Waals surface area contributed by atoms with Gasteiger partial charge in [0.2, 0.25) is 0 Å². The van der Waals surface area contributed by atoms with E-state index in [9.17, 15) is 17.9 Å². The van der Waals surface area contributed by atoms with Crippen LogP contribution in [0, 0.1) is 5.82 Å². The lowest BCUT2D eigenvalue weighted by Gasteiger charge is -2.09. The van der Waals surface area contributed by atoms with Gasteiger partial charge >= 0.3 is 0 Å². The van der Waals surface area contributed by atoms with Crippen molar-refractivity contribution < 1.29 is 17.9 Å². The van der Waals surface area contributed by atoms with Crippen molar-refractivity contribution in [2.75, 3.05) is 4.72 Å². The van der Waals surface area contributed by atoms with E-state index in [1.165, 1.54) is 18.2 Å².